The van der Waals surface area contributed by atoms with Crippen LogP contribution in [0.2, 0.25) is 5.02 Å². The van der Waals surface area contributed by atoms with Gasteiger partial charge in [0.05, 0.1) is 11.9 Å². The van der Waals surface area contributed by atoms with Gasteiger partial charge in [0.25, 0.3) is 0 Å². The van der Waals surface area contributed by atoms with Gasteiger partial charge in [-0.3, -0.25) is 0 Å². The smallest absolute Gasteiger partial charge is 0.356 e. The minimum Gasteiger partial charge on any atom is -0.476 e. The van der Waals surface area contributed by atoms with E-state index in [2.05, 4.69) is 15.3 Å². The summed E-state index contributed by atoms with van der Waals surface area (Å²) < 4.78 is 0. The van der Waals surface area contributed by atoms with E-state index in [1.165, 1.54) is 6.20 Å². The number of carboxylic acids is 1. The molecule has 0 saturated carbocycles. The van der Waals surface area contributed by atoms with Crippen LogP contribution in [0.3, 0.4) is 0 Å². The van der Waals surface area contributed by atoms with Crippen LogP contribution in [0.5, 0.6) is 0 Å². The standard InChI is InChI=1S/C14H14ClN3O2/c1-8(2)13-16-7-11(12(18-13)14(19)20)17-10-5-3-4-9(15)6-10/h3-8,17H,1-2H3,(H,19,20). The molecule has 2 aromatic rings. The first-order chi connectivity index (χ1) is 9.47. The van der Waals surface area contributed by atoms with Gasteiger partial charge in [0.15, 0.2) is 5.69 Å². The van der Waals surface area contributed by atoms with E-state index in [4.69, 9.17) is 11.6 Å². The van der Waals surface area contributed by atoms with Crippen molar-refractivity contribution in [3.63, 3.8) is 0 Å². The number of carboxylic acid groups (broad SMARTS) is 1. The summed E-state index contributed by atoms with van der Waals surface area (Å²) in [7, 11) is 0. The van der Waals surface area contributed by atoms with Crippen molar-refractivity contribution in [2.75, 3.05) is 5.32 Å². The van der Waals surface area contributed by atoms with E-state index in [0.29, 0.717) is 22.2 Å². The number of carbonyl (C=O) groups is 1. The van der Waals surface area contributed by atoms with Crippen LogP contribution in [0.4, 0.5) is 11.4 Å². The molecular formula is C14H14ClN3O2. The second kappa shape index (κ2) is 5.88. The molecular weight excluding hydrogens is 278 g/mol. The summed E-state index contributed by atoms with van der Waals surface area (Å²) in [5.74, 6) is -0.536. The molecule has 104 valence electrons. The summed E-state index contributed by atoms with van der Waals surface area (Å²) in [6.07, 6.45) is 1.48. The minimum absolute atomic E-state index is 0.0522. The Hall–Kier alpha value is -2.14. The third-order valence-electron chi connectivity index (χ3n) is 2.63. The number of benzene rings is 1. The van der Waals surface area contributed by atoms with Gasteiger partial charge < -0.3 is 10.4 Å². The summed E-state index contributed by atoms with van der Waals surface area (Å²) in [6, 6.07) is 7.00. The molecule has 0 aliphatic heterocycles. The molecule has 0 bridgehead atoms. The molecule has 0 amide bonds. The van der Waals surface area contributed by atoms with E-state index < -0.39 is 5.97 Å². The Morgan fingerprint density at radius 2 is 2.15 bits per heavy atom. The lowest BCUT2D eigenvalue weighted by Gasteiger charge is -2.11. The Morgan fingerprint density at radius 3 is 2.75 bits per heavy atom. The first kappa shape index (κ1) is 14.3. The van der Waals surface area contributed by atoms with Gasteiger partial charge in [-0.2, -0.15) is 0 Å². The number of hydrogen-bond acceptors (Lipinski definition) is 4. The van der Waals surface area contributed by atoms with Crippen LogP contribution in [0.25, 0.3) is 0 Å². The highest BCUT2D eigenvalue weighted by Gasteiger charge is 2.15. The molecule has 0 fully saturated rings. The molecule has 6 heteroatoms. The largest absolute Gasteiger partial charge is 0.476 e. The molecule has 20 heavy (non-hydrogen) atoms. The molecule has 0 atom stereocenters. The molecule has 0 saturated heterocycles. The van der Waals surface area contributed by atoms with E-state index in [0.717, 1.165) is 0 Å². The van der Waals surface area contributed by atoms with E-state index >= 15 is 0 Å². The monoisotopic (exact) mass is 291 g/mol. The summed E-state index contributed by atoms with van der Waals surface area (Å²) in [6.45, 7) is 3.82. The zero-order chi connectivity index (χ0) is 14.7. The SMILES string of the molecule is CC(C)c1ncc(Nc2cccc(Cl)c2)c(C(=O)O)n1. The van der Waals surface area contributed by atoms with Gasteiger partial charge in [-0.25, -0.2) is 14.8 Å². The van der Waals surface area contributed by atoms with Gasteiger partial charge in [0.2, 0.25) is 0 Å². The van der Waals surface area contributed by atoms with Crippen LogP contribution in [0.1, 0.15) is 36.1 Å². The maximum atomic E-state index is 11.3. The fourth-order valence-corrected chi connectivity index (χ4v) is 1.84. The molecule has 1 aromatic heterocycles. The number of aromatic nitrogens is 2. The summed E-state index contributed by atoms with van der Waals surface area (Å²) in [5.41, 5.74) is 0.966. The fraction of sp³-hybridized carbons (Fsp3) is 0.214. The summed E-state index contributed by atoms with van der Waals surface area (Å²) >= 11 is 5.89. The van der Waals surface area contributed by atoms with Crippen molar-refractivity contribution in [1.82, 2.24) is 9.97 Å². The van der Waals surface area contributed by atoms with E-state index in [1.807, 2.05) is 13.8 Å². The van der Waals surface area contributed by atoms with Crippen LogP contribution in [0, 0.1) is 0 Å². The Kier molecular flexibility index (Phi) is 4.20. The molecule has 2 rings (SSSR count). The van der Waals surface area contributed by atoms with Gasteiger partial charge >= 0.3 is 5.97 Å². The lowest BCUT2D eigenvalue weighted by molar-refractivity contribution is 0.0691. The molecule has 1 aromatic carbocycles. The molecule has 5 nitrogen and oxygen atoms in total. The zero-order valence-corrected chi connectivity index (χ0v) is 11.8. The maximum Gasteiger partial charge on any atom is 0.356 e. The molecule has 2 N–H and O–H groups in total. The molecule has 0 spiro atoms. The average molecular weight is 292 g/mol. The Balaban J connectivity index is 2.38. The van der Waals surface area contributed by atoms with Crippen LogP contribution in [-0.4, -0.2) is 21.0 Å². The quantitative estimate of drug-likeness (QED) is 0.898. The van der Waals surface area contributed by atoms with Gasteiger partial charge in [0, 0.05) is 16.6 Å². The molecule has 1 heterocycles. The summed E-state index contributed by atoms with van der Waals surface area (Å²) in [4.78, 5) is 19.6. The van der Waals surface area contributed by atoms with E-state index in [1.54, 1.807) is 24.3 Å². The molecule has 0 aliphatic rings. The highest BCUT2D eigenvalue weighted by atomic mass is 35.5. The van der Waals surface area contributed by atoms with Crippen molar-refractivity contribution in [2.45, 2.75) is 19.8 Å². The zero-order valence-electron chi connectivity index (χ0n) is 11.1. The average Bonchev–Trinajstić information content (AvgIpc) is 2.38. The highest BCUT2D eigenvalue weighted by molar-refractivity contribution is 6.30. The van der Waals surface area contributed by atoms with Crippen molar-refractivity contribution in [3.8, 4) is 0 Å². The topological polar surface area (TPSA) is 75.1 Å². The third kappa shape index (κ3) is 3.24. The second-order valence-electron chi connectivity index (χ2n) is 4.59. The summed E-state index contributed by atoms with van der Waals surface area (Å²) in [5, 5.41) is 12.8. The van der Waals surface area contributed by atoms with Crippen molar-refractivity contribution in [3.05, 3.63) is 47.0 Å². The predicted molar refractivity (Wildman–Crippen MR) is 77.8 cm³/mol. The maximum absolute atomic E-state index is 11.3. The van der Waals surface area contributed by atoms with Crippen molar-refractivity contribution in [1.29, 1.82) is 0 Å². The number of nitrogens with zero attached hydrogens (tertiary/aromatic N) is 2. The van der Waals surface area contributed by atoms with Crippen molar-refractivity contribution in [2.24, 2.45) is 0 Å². The second-order valence-corrected chi connectivity index (χ2v) is 5.02. The molecule has 0 radical (unpaired) electrons. The normalized spacial score (nSPS) is 10.6. The predicted octanol–water partition coefficient (Wildman–Crippen LogP) is 3.70. The van der Waals surface area contributed by atoms with E-state index in [9.17, 15) is 9.90 Å². The number of nitrogens with one attached hydrogen (secondary N) is 1. The van der Waals surface area contributed by atoms with Gasteiger partial charge in [-0.15, -0.1) is 0 Å². The van der Waals surface area contributed by atoms with Crippen LogP contribution >= 0.6 is 11.6 Å². The van der Waals surface area contributed by atoms with E-state index in [-0.39, 0.29) is 11.6 Å². The van der Waals surface area contributed by atoms with Gasteiger partial charge in [0.1, 0.15) is 5.82 Å². The Bertz CT molecular complexity index is 644. The van der Waals surface area contributed by atoms with Crippen LogP contribution in [-0.2, 0) is 0 Å². The highest BCUT2D eigenvalue weighted by Crippen LogP contribution is 2.23. The van der Waals surface area contributed by atoms with Gasteiger partial charge in [-0.05, 0) is 18.2 Å². The molecule has 0 aliphatic carbocycles. The lowest BCUT2D eigenvalue weighted by Crippen LogP contribution is -2.10. The van der Waals surface area contributed by atoms with Crippen LogP contribution < -0.4 is 5.32 Å². The lowest BCUT2D eigenvalue weighted by atomic mass is 10.2. The van der Waals surface area contributed by atoms with Crippen molar-refractivity contribution < 1.29 is 9.90 Å². The number of hydrogen-bond donors (Lipinski definition) is 2. The Morgan fingerprint density at radius 1 is 1.40 bits per heavy atom. The molecule has 0 unspecified atom stereocenters. The number of aromatic carboxylic acids is 1. The third-order valence-corrected chi connectivity index (χ3v) is 2.87. The Labute approximate surface area is 121 Å². The minimum atomic E-state index is -1.10. The number of halogens is 1. The fourth-order valence-electron chi connectivity index (χ4n) is 1.65. The first-order valence-corrected chi connectivity index (χ1v) is 6.48. The number of anilines is 2. The van der Waals surface area contributed by atoms with Crippen LogP contribution in [0.15, 0.2) is 30.5 Å². The van der Waals surface area contributed by atoms with Gasteiger partial charge in [-0.1, -0.05) is 31.5 Å². The number of rotatable bonds is 4. The first-order valence-electron chi connectivity index (χ1n) is 6.10. The van der Waals surface area contributed by atoms with Crippen molar-refractivity contribution >= 4 is 28.9 Å².